The number of ketones is 1. The molecule has 0 radical (unpaired) electrons. The maximum atomic E-state index is 11.9. The molecule has 1 spiro atoms. The molecule has 0 N–H and O–H groups in total. The lowest BCUT2D eigenvalue weighted by molar-refractivity contribution is -0.135. The number of aldehydes is 1. The van der Waals surface area contributed by atoms with Crippen LogP contribution in [0, 0.1) is 17.3 Å². The van der Waals surface area contributed by atoms with Gasteiger partial charge < -0.3 is 4.79 Å². The Bertz CT molecular complexity index is 293. The van der Waals surface area contributed by atoms with E-state index in [2.05, 4.69) is 13.0 Å². The molecular formula is C12H16O2. The summed E-state index contributed by atoms with van der Waals surface area (Å²) in [5.74, 6) is 0.477. The number of Topliss-reactive ketones (excluding diaryl/α,β-unsaturated/α-hetero) is 1. The lowest BCUT2D eigenvalue weighted by Crippen LogP contribution is -2.42. The van der Waals surface area contributed by atoms with Gasteiger partial charge in [0.05, 0.1) is 0 Å². The van der Waals surface area contributed by atoms with Crippen LogP contribution in [-0.2, 0) is 9.59 Å². The van der Waals surface area contributed by atoms with Crippen LogP contribution < -0.4 is 0 Å². The molecule has 3 atom stereocenters. The Morgan fingerprint density at radius 2 is 2.36 bits per heavy atom. The van der Waals surface area contributed by atoms with Crippen molar-refractivity contribution in [3.05, 3.63) is 12.2 Å². The molecule has 1 fully saturated rings. The van der Waals surface area contributed by atoms with E-state index in [1.165, 1.54) is 0 Å². The molecule has 14 heavy (non-hydrogen) atoms. The molecule has 0 aromatic rings. The molecule has 1 saturated carbocycles. The second-order valence-corrected chi connectivity index (χ2v) is 4.51. The van der Waals surface area contributed by atoms with E-state index in [9.17, 15) is 9.59 Å². The first-order chi connectivity index (χ1) is 6.71. The summed E-state index contributed by atoms with van der Waals surface area (Å²) in [6, 6.07) is 0. The third-order valence-electron chi connectivity index (χ3n) is 3.97. The average molecular weight is 192 g/mol. The van der Waals surface area contributed by atoms with E-state index in [0.29, 0.717) is 12.2 Å². The Hall–Kier alpha value is -0.920. The molecular weight excluding hydrogens is 176 g/mol. The summed E-state index contributed by atoms with van der Waals surface area (Å²) in [4.78, 5) is 23.0. The Morgan fingerprint density at radius 3 is 2.93 bits per heavy atom. The van der Waals surface area contributed by atoms with Crippen molar-refractivity contribution in [2.45, 2.75) is 32.6 Å². The van der Waals surface area contributed by atoms with Gasteiger partial charge in [0.15, 0.2) is 0 Å². The summed E-state index contributed by atoms with van der Waals surface area (Å²) in [6.07, 6.45) is 8.41. The van der Waals surface area contributed by atoms with Crippen LogP contribution in [-0.4, -0.2) is 12.1 Å². The van der Waals surface area contributed by atoms with Gasteiger partial charge in [-0.3, -0.25) is 4.79 Å². The van der Waals surface area contributed by atoms with Crippen molar-refractivity contribution in [2.24, 2.45) is 17.3 Å². The van der Waals surface area contributed by atoms with E-state index in [1.54, 1.807) is 0 Å². The summed E-state index contributed by atoms with van der Waals surface area (Å²) in [5.41, 5.74) is -0.337. The van der Waals surface area contributed by atoms with Crippen molar-refractivity contribution in [3.63, 3.8) is 0 Å². The molecule has 0 aromatic carbocycles. The van der Waals surface area contributed by atoms with Gasteiger partial charge in [0.2, 0.25) is 0 Å². The van der Waals surface area contributed by atoms with Gasteiger partial charge in [-0.25, -0.2) is 0 Å². The minimum atomic E-state index is -0.337. The molecule has 0 bridgehead atoms. The molecule has 1 unspecified atom stereocenters. The summed E-state index contributed by atoms with van der Waals surface area (Å²) in [6.45, 7) is 2.06. The fraction of sp³-hybridized carbons (Fsp3) is 0.667. The number of hydrogen-bond acceptors (Lipinski definition) is 2. The predicted octanol–water partition coefficient (Wildman–Crippen LogP) is 2.14. The number of hydrogen-bond donors (Lipinski definition) is 0. The maximum Gasteiger partial charge on any atom is 0.140 e. The van der Waals surface area contributed by atoms with E-state index in [0.717, 1.165) is 25.5 Å². The third-order valence-corrected chi connectivity index (χ3v) is 3.97. The molecule has 0 saturated heterocycles. The standard InChI is InChI=1S/C12H16O2/c1-9-4-2-5-10(8-13)12(9)7-3-6-11(12)14/h2,4,8-10H,3,5-7H2,1H3/t9-,10?,12-/m1/s1. The van der Waals surface area contributed by atoms with E-state index in [-0.39, 0.29) is 17.3 Å². The second-order valence-electron chi connectivity index (χ2n) is 4.51. The second kappa shape index (κ2) is 3.34. The van der Waals surface area contributed by atoms with Crippen molar-refractivity contribution in [1.29, 1.82) is 0 Å². The van der Waals surface area contributed by atoms with Gasteiger partial charge in [-0.05, 0) is 25.2 Å². The highest BCUT2D eigenvalue weighted by atomic mass is 16.1. The summed E-state index contributed by atoms with van der Waals surface area (Å²) < 4.78 is 0. The van der Waals surface area contributed by atoms with E-state index < -0.39 is 0 Å². The van der Waals surface area contributed by atoms with Crippen molar-refractivity contribution >= 4 is 12.1 Å². The minimum absolute atomic E-state index is 0.0718. The topological polar surface area (TPSA) is 34.1 Å². The van der Waals surface area contributed by atoms with Gasteiger partial charge in [0.1, 0.15) is 12.1 Å². The fourth-order valence-electron chi connectivity index (χ4n) is 3.11. The van der Waals surface area contributed by atoms with E-state index >= 15 is 0 Å². The van der Waals surface area contributed by atoms with Gasteiger partial charge in [0, 0.05) is 17.8 Å². The molecule has 76 valence electrons. The number of allylic oxidation sites excluding steroid dienone is 2. The molecule has 2 rings (SSSR count). The van der Waals surface area contributed by atoms with Crippen LogP contribution in [0.5, 0.6) is 0 Å². The van der Waals surface area contributed by atoms with Crippen LogP contribution in [0.4, 0.5) is 0 Å². The highest BCUT2D eigenvalue weighted by Gasteiger charge is 2.51. The normalized spacial score (nSPS) is 41.9. The smallest absolute Gasteiger partial charge is 0.140 e. The first-order valence-corrected chi connectivity index (χ1v) is 5.37. The van der Waals surface area contributed by atoms with Crippen molar-refractivity contribution in [3.8, 4) is 0 Å². The highest BCUT2D eigenvalue weighted by molar-refractivity contribution is 5.90. The molecule has 0 aromatic heterocycles. The summed E-state index contributed by atoms with van der Waals surface area (Å²) >= 11 is 0. The molecule has 2 aliphatic carbocycles. The molecule has 0 amide bonds. The maximum absolute atomic E-state index is 11.9. The monoisotopic (exact) mass is 192 g/mol. The van der Waals surface area contributed by atoms with Crippen LogP contribution in [0.2, 0.25) is 0 Å². The van der Waals surface area contributed by atoms with Crippen LogP contribution >= 0.6 is 0 Å². The van der Waals surface area contributed by atoms with Gasteiger partial charge >= 0.3 is 0 Å². The quantitative estimate of drug-likeness (QED) is 0.471. The zero-order valence-corrected chi connectivity index (χ0v) is 8.53. The lowest BCUT2D eigenvalue weighted by atomic mass is 9.62. The van der Waals surface area contributed by atoms with Crippen molar-refractivity contribution in [1.82, 2.24) is 0 Å². The van der Waals surface area contributed by atoms with Crippen LogP contribution in [0.25, 0.3) is 0 Å². The van der Waals surface area contributed by atoms with Gasteiger partial charge in [0.25, 0.3) is 0 Å². The Kier molecular flexibility index (Phi) is 2.30. The Morgan fingerprint density at radius 1 is 1.57 bits per heavy atom. The molecule has 2 heteroatoms. The third kappa shape index (κ3) is 1.09. The van der Waals surface area contributed by atoms with E-state index in [4.69, 9.17) is 0 Å². The zero-order valence-electron chi connectivity index (χ0n) is 8.53. The molecule has 0 heterocycles. The summed E-state index contributed by atoms with van der Waals surface area (Å²) in [5, 5.41) is 0. The Labute approximate surface area is 84.4 Å². The van der Waals surface area contributed by atoms with E-state index in [1.807, 2.05) is 6.08 Å². The Balaban J connectivity index is 2.41. The van der Waals surface area contributed by atoms with Gasteiger partial charge in [-0.2, -0.15) is 0 Å². The van der Waals surface area contributed by atoms with Crippen molar-refractivity contribution < 1.29 is 9.59 Å². The number of carbonyl (C=O) groups is 2. The predicted molar refractivity (Wildman–Crippen MR) is 53.8 cm³/mol. The summed E-state index contributed by atoms with van der Waals surface area (Å²) in [7, 11) is 0. The lowest BCUT2D eigenvalue weighted by Gasteiger charge is -2.39. The molecule has 0 aliphatic heterocycles. The first kappa shape index (κ1) is 9.63. The average Bonchev–Trinajstić information content (AvgIpc) is 2.55. The zero-order chi connectivity index (χ0) is 10.2. The van der Waals surface area contributed by atoms with Crippen LogP contribution in [0.15, 0.2) is 12.2 Å². The minimum Gasteiger partial charge on any atom is -0.303 e. The fourth-order valence-corrected chi connectivity index (χ4v) is 3.11. The molecule has 2 nitrogen and oxygen atoms in total. The largest absolute Gasteiger partial charge is 0.303 e. The number of carbonyl (C=O) groups excluding carboxylic acids is 2. The highest BCUT2D eigenvalue weighted by Crippen LogP contribution is 2.50. The number of rotatable bonds is 1. The SMILES string of the molecule is C[C@@H]1C=CCC(C=O)[C@@]12CCCC2=O. The van der Waals surface area contributed by atoms with Crippen LogP contribution in [0.1, 0.15) is 32.6 Å². The van der Waals surface area contributed by atoms with Gasteiger partial charge in [-0.1, -0.05) is 19.1 Å². The van der Waals surface area contributed by atoms with Crippen LogP contribution in [0.3, 0.4) is 0 Å². The molecule has 2 aliphatic rings. The first-order valence-electron chi connectivity index (χ1n) is 5.37. The van der Waals surface area contributed by atoms with Gasteiger partial charge in [-0.15, -0.1) is 0 Å². The van der Waals surface area contributed by atoms with Crippen molar-refractivity contribution in [2.75, 3.05) is 0 Å².